The van der Waals surface area contributed by atoms with E-state index in [0.29, 0.717) is 5.75 Å². The molecule has 0 unspecified atom stereocenters. The summed E-state index contributed by atoms with van der Waals surface area (Å²) in [5.74, 6) is 5.82. The van der Waals surface area contributed by atoms with Gasteiger partial charge in [-0.3, -0.25) is 10.8 Å². The van der Waals surface area contributed by atoms with E-state index in [4.69, 9.17) is 10.6 Å². The van der Waals surface area contributed by atoms with Gasteiger partial charge in [-0.25, -0.2) is 0 Å². The van der Waals surface area contributed by atoms with Crippen LogP contribution in [0.15, 0.2) is 18.5 Å². The Morgan fingerprint density at radius 2 is 2.27 bits per heavy atom. The number of aromatic nitrogens is 1. The molecule has 11 heavy (non-hydrogen) atoms. The number of hydrogen-bond acceptors (Lipinski definition) is 4. The molecule has 0 saturated carbocycles. The molecular weight excluding hydrogens is 166 g/mol. The maximum Gasteiger partial charge on any atom is 0.139 e. The summed E-state index contributed by atoms with van der Waals surface area (Å²) < 4.78 is 4.90. The van der Waals surface area contributed by atoms with Crippen LogP contribution in [0.2, 0.25) is 0 Å². The average molecular weight is 176 g/mol. The smallest absolute Gasteiger partial charge is 0.139 e. The SMILES string of the molecule is COc1cncc(NN)c1.Cl. The summed E-state index contributed by atoms with van der Waals surface area (Å²) in [6, 6.07) is 1.76. The number of nitrogen functional groups attached to an aromatic ring is 1. The Hall–Kier alpha value is -1.00. The third-order valence-corrected chi connectivity index (χ3v) is 1.12. The molecule has 1 aromatic rings. The zero-order valence-corrected chi connectivity index (χ0v) is 6.89. The van der Waals surface area contributed by atoms with E-state index in [-0.39, 0.29) is 12.4 Å². The van der Waals surface area contributed by atoms with Crippen molar-refractivity contribution >= 4 is 18.1 Å². The van der Waals surface area contributed by atoms with Gasteiger partial charge in [-0.1, -0.05) is 0 Å². The average Bonchev–Trinajstić information content (AvgIpc) is 2.05. The molecule has 0 spiro atoms. The monoisotopic (exact) mass is 175 g/mol. The minimum atomic E-state index is 0. The molecule has 4 nitrogen and oxygen atoms in total. The van der Waals surface area contributed by atoms with Crippen LogP contribution in [-0.4, -0.2) is 12.1 Å². The summed E-state index contributed by atoms with van der Waals surface area (Å²) >= 11 is 0. The second kappa shape index (κ2) is 4.76. The van der Waals surface area contributed by atoms with E-state index >= 15 is 0 Å². The summed E-state index contributed by atoms with van der Waals surface area (Å²) in [5, 5.41) is 0. The quantitative estimate of drug-likeness (QED) is 0.516. The number of anilines is 1. The van der Waals surface area contributed by atoms with Gasteiger partial charge in [-0.15, -0.1) is 12.4 Å². The van der Waals surface area contributed by atoms with Crippen LogP contribution in [0.5, 0.6) is 5.75 Å². The van der Waals surface area contributed by atoms with Crippen LogP contribution in [-0.2, 0) is 0 Å². The van der Waals surface area contributed by atoms with E-state index in [1.807, 2.05) is 0 Å². The number of pyridine rings is 1. The number of methoxy groups -OCH3 is 1. The number of rotatable bonds is 2. The van der Waals surface area contributed by atoms with Crippen molar-refractivity contribution in [1.82, 2.24) is 4.98 Å². The molecule has 0 aromatic carbocycles. The molecule has 0 aliphatic rings. The Morgan fingerprint density at radius 3 is 2.82 bits per heavy atom. The van der Waals surface area contributed by atoms with E-state index < -0.39 is 0 Å². The zero-order chi connectivity index (χ0) is 7.40. The fourth-order valence-electron chi connectivity index (χ4n) is 0.609. The van der Waals surface area contributed by atoms with Gasteiger partial charge in [0.25, 0.3) is 0 Å². The molecule has 1 heterocycles. The number of nitrogens with two attached hydrogens (primary N) is 1. The minimum Gasteiger partial charge on any atom is -0.495 e. The molecule has 3 N–H and O–H groups in total. The van der Waals surface area contributed by atoms with Crippen LogP contribution in [0.25, 0.3) is 0 Å². The van der Waals surface area contributed by atoms with Gasteiger partial charge < -0.3 is 10.2 Å². The molecule has 1 rings (SSSR count). The fourth-order valence-corrected chi connectivity index (χ4v) is 0.609. The number of halogens is 1. The molecule has 0 radical (unpaired) electrons. The normalized spacial score (nSPS) is 8.18. The lowest BCUT2D eigenvalue weighted by molar-refractivity contribution is 0.413. The van der Waals surface area contributed by atoms with Crippen LogP contribution < -0.4 is 16.0 Å². The Balaban J connectivity index is 0.000001000. The maximum atomic E-state index is 5.13. The summed E-state index contributed by atoms with van der Waals surface area (Å²) in [6.07, 6.45) is 3.23. The van der Waals surface area contributed by atoms with Crippen molar-refractivity contribution in [1.29, 1.82) is 0 Å². The molecular formula is C6H10ClN3O. The van der Waals surface area contributed by atoms with Crippen molar-refractivity contribution in [2.75, 3.05) is 12.5 Å². The molecule has 0 amide bonds. The second-order valence-electron chi connectivity index (χ2n) is 1.76. The molecule has 0 fully saturated rings. The van der Waals surface area contributed by atoms with Gasteiger partial charge in [0.15, 0.2) is 0 Å². The molecule has 0 bridgehead atoms. The van der Waals surface area contributed by atoms with E-state index in [2.05, 4.69) is 10.4 Å². The van der Waals surface area contributed by atoms with Crippen LogP contribution in [0, 0.1) is 0 Å². The van der Waals surface area contributed by atoms with Crippen LogP contribution in [0.1, 0.15) is 0 Å². The molecule has 1 aromatic heterocycles. The van der Waals surface area contributed by atoms with Crippen molar-refractivity contribution in [3.05, 3.63) is 18.5 Å². The highest BCUT2D eigenvalue weighted by molar-refractivity contribution is 5.85. The van der Waals surface area contributed by atoms with Crippen molar-refractivity contribution in [2.24, 2.45) is 5.84 Å². The second-order valence-corrected chi connectivity index (χ2v) is 1.76. The zero-order valence-electron chi connectivity index (χ0n) is 6.07. The lowest BCUT2D eigenvalue weighted by Crippen LogP contribution is -2.06. The maximum absolute atomic E-state index is 5.13. The third-order valence-electron chi connectivity index (χ3n) is 1.12. The fraction of sp³-hybridized carbons (Fsp3) is 0.167. The highest BCUT2D eigenvalue weighted by Crippen LogP contribution is 2.12. The largest absolute Gasteiger partial charge is 0.495 e. The van der Waals surface area contributed by atoms with Crippen LogP contribution in [0.3, 0.4) is 0 Å². The number of hydrazine groups is 1. The van der Waals surface area contributed by atoms with E-state index in [1.54, 1.807) is 25.6 Å². The van der Waals surface area contributed by atoms with Crippen molar-refractivity contribution < 1.29 is 4.74 Å². The molecule has 5 heteroatoms. The predicted octanol–water partition coefficient (Wildman–Crippen LogP) is 0.798. The molecule has 62 valence electrons. The van der Waals surface area contributed by atoms with Gasteiger partial charge in [-0.2, -0.15) is 0 Å². The summed E-state index contributed by atoms with van der Waals surface area (Å²) in [4.78, 5) is 3.86. The lowest BCUT2D eigenvalue weighted by atomic mass is 10.4. The summed E-state index contributed by atoms with van der Waals surface area (Å²) in [7, 11) is 1.58. The van der Waals surface area contributed by atoms with Gasteiger partial charge >= 0.3 is 0 Å². The number of ether oxygens (including phenoxy) is 1. The first-order valence-electron chi connectivity index (χ1n) is 2.82. The van der Waals surface area contributed by atoms with Crippen LogP contribution >= 0.6 is 12.4 Å². The Kier molecular flexibility index (Phi) is 4.33. The lowest BCUT2D eigenvalue weighted by Gasteiger charge is -2.00. The van der Waals surface area contributed by atoms with Gasteiger partial charge in [0.2, 0.25) is 0 Å². The number of hydrogen-bond donors (Lipinski definition) is 2. The predicted molar refractivity (Wildman–Crippen MR) is 45.8 cm³/mol. The van der Waals surface area contributed by atoms with Gasteiger partial charge in [0, 0.05) is 6.07 Å². The van der Waals surface area contributed by atoms with E-state index in [9.17, 15) is 0 Å². The first-order valence-corrected chi connectivity index (χ1v) is 2.82. The first-order chi connectivity index (χ1) is 4.86. The molecule has 0 saturated heterocycles. The topological polar surface area (TPSA) is 60.2 Å². The highest BCUT2D eigenvalue weighted by atomic mass is 35.5. The highest BCUT2D eigenvalue weighted by Gasteiger charge is 1.91. The Labute approximate surface area is 71.1 Å². The van der Waals surface area contributed by atoms with E-state index in [0.717, 1.165) is 5.69 Å². The Bertz CT molecular complexity index is 199. The van der Waals surface area contributed by atoms with Crippen molar-refractivity contribution in [3.8, 4) is 5.75 Å². The van der Waals surface area contributed by atoms with Crippen molar-refractivity contribution in [3.63, 3.8) is 0 Å². The standard InChI is InChI=1S/C6H9N3O.ClH/c1-10-6-2-5(9-7)3-8-4-6;/h2-4,9H,7H2,1H3;1H. The number of nitrogens with zero attached hydrogens (tertiary/aromatic N) is 1. The van der Waals surface area contributed by atoms with E-state index in [1.165, 1.54) is 0 Å². The van der Waals surface area contributed by atoms with Gasteiger partial charge in [0.1, 0.15) is 5.75 Å². The summed E-state index contributed by atoms with van der Waals surface area (Å²) in [5.41, 5.74) is 3.19. The third kappa shape index (κ3) is 2.61. The van der Waals surface area contributed by atoms with Crippen LogP contribution in [0.4, 0.5) is 5.69 Å². The van der Waals surface area contributed by atoms with Crippen molar-refractivity contribution in [2.45, 2.75) is 0 Å². The Morgan fingerprint density at radius 1 is 1.55 bits per heavy atom. The molecule has 0 aliphatic carbocycles. The summed E-state index contributed by atoms with van der Waals surface area (Å²) in [6.45, 7) is 0. The van der Waals surface area contributed by atoms with Gasteiger partial charge in [0.05, 0.1) is 25.2 Å². The minimum absolute atomic E-state index is 0. The molecule has 0 atom stereocenters. The van der Waals surface area contributed by atoms with Gasteiger partial charge in [-0.05, 0) is 0 Å². The number of nitrogens with one attached hydrogen (secondary N) is 1. The first kappa shape index (κ1) is 10.0. The molecule has 0 aliphatic heterocycles.